The molecule has 0 aromatic heterocycles. The summed E-state index contributed by atoms with van der Waals surface area (Å²) < 4.78 is 9.98. The normalized spacial score (nSPS) is 28.2. The van der Waals surface area contributed by atoms with E-state index in [1.54, 1.807) is 0 Å². The molecule has 11 heavy (non-hydrogen) atoms. The fourth-order valence-electron chi connectivity index (χ4n) is 0.857. The van der Waals surface area contributed by atoms with E-state index < -0.39 is 0 Å². The van der Waals surface area contributed by atoms with Crippen molar-refractivity contribution in [3.63, 3.8) is 0 Å². The summed E-state index contributed by atoms with van der Waals surface area (Å²) in [7, 11) is 0. The van der Waals surface area contributed by atoms with E-state index in [-0.39, 0.29) is 18.2 Å². The van der Waals surface area contributed by atoms with Crippen LogP contribution in [0.5, 0.6) is 0 Å². The lowest BCUT2D eigenvalue weighted by Crippen LogP contribution is -2.10. The first kappa shape index (κ1) is 8.53. The average molecular weight is 158 g/mol. The first-order valence-corrected chi connectivity index (χ1v) is 4.05. The lowest BCUT2D eigenvalue weighted by Gasteiger charge is -1.99. The molecule has 0 spiro atoms. The number of esters is 1. The van der Waals surface area contributed by atoms with Crippen LogP contribution in [0.4, 0.5) is 0 Å². The van der Waals surface area contributed by atoms with Gasteiger partial charge in [0.15, 0.2) is 0 Å². The molecule has 1 aliphatic heterocycles. The molecule has 0 amide bonds. The van der Waals surface area contributed by atoms with Gasteiger partial charge in [0.05, 0.1) is 6.10 Å². The maximum Gasteiger partial charge on any atom is 0.305 e. The number of hydrogen-bond acceptors (Lipinski definition) is 3. The molecule has 0 radical (unpaired) electrons. The second-order valence-electron chi connectivity index (χ2n) is 2.81. The molecule has 64 valence electrons. The van der Waals surface area contributed by atoms with Gasteiger partial charge in [0.25, 0.3) is 0 Å². The summed E-state index contributed by atoms with van der Waals surface area (Å²) >= 11 is 0. The highest BCUT2D eigenvalue weighted by Crippen LogP contribution is 2.20. The monoisotopic (exact) mass is 158 g/mol. The zero-order valence-electron chi connectivity index (χ0n) is 7.00. The minimum absolute atomic E-state index is 0.116. The fraction of sp³-hybridized carbons (Fsp3) is 0.875. The molecule has 1 rings (SSSR count). The number of hydrogen-bond donors (Lipinski definition) is 0. The largest absolute Gasteiger partial charge is 0.463 e. The van der Waals surface area contributed by atoms with Crippen LogP contribution in [-0.4, -0.2) is 24.8 Å². The molecule has 1 aliphatic rings. The zero-order chi connectivity index (χ0) is 8.27. The van der Waals surface area contributed by atoms with Crippen molar-refractivity contribution >= 4 is 5.97 Å². The van der Waals surface area contributed by atoms with Gasteiger partial charge in [0, 0.05) is 6.42 Å². The quantitative estimate of drug-likeness (QED) is 0.454. The van der Waals surface area contributed by atoms with Gasteiger partial charge in [-0.05, 0) is 13.3 Å². The van der Waals surface area contributed by atoms with Crippen molar-refractivity contribution in [2.75, 3.05) is 6.61 Å². The van der Waals surface area contributed by atoms with Crippen LogP contribution in [0.3, 0.4) is 0 Å². The van der Waals surface area contributed by atoms with Gasteiger partial charge < -0.3 is 9.47 Å². The van der Waals surface area contributed by atoms with Crippen LogP contribution in [-0.2, 0) is 14.3 Å². The summed E-state index contributed by atoms with van der Waals surface area (Å²) in [5.74, 6) is -0.116. The average Bonchev–Trinajstić information content (AvgIpc) is 2.63. The molecule has 1 saturated heterocycles. The molecule has 2 atom stereocenters. The molecule has 1 heterocycles. The molecule has 0 N–H and O–H groups in total. The molecule has 2 unspecified atom stereocenters. The molecule has 0 bridgehead atoms. The number of ether oxygens (including phenoxy) is 2. The second kappa shape index (κ2) is 3.72. The van der Waals surface area contributed by atoms with Crippen molar-refractivity contribution in [3.05, 3.63) is 0 Å². The van der Waals surface area contributed by atoms with E-state index >= 15 is 0 Å². The minimum Gasteiger partial charge on any atom is -0.463 e. The van der Waals surface area contributed by atoms with Crippen LogP contribution in [0.1, 0.15) is 26.7 Å². The predicted octanol–water partition coefficient (Wildman–Crippen LogP) is 1.12. The second-order valence-corrected chi connectivity index (χ2v) is 2.81. The van der Waals surface area contributed by atoms with Gasteiger partial charge >= 0.3 is 5.97 Å². The van der Waals surface area contributed by atoms with E-state index in [0.29, 0.717) is 13.0 Å². The topological polar surface area (TPSA) is 38.8 Å². The van der Waals surface area contributed by atoms with E-state index in [9.17, 15) is 4.79 Å². The highest BCUT2D eigenvalue weighted by Gasteiger charge is 2.35. The molecular weight excluding hydrogens is 144 g/mol. The number of carbonyl (C=O) groups is 1. The molecule has 0 saturated carbocycles. The van der Waals surface area contributed by atoms with Gasteiger partial charge in [-0.15, -0.1) is 0 Å². The Morgan fingerprint density at radius 1 is 1.64 bits per heavy atom. The Labute approximate surface area is 66.7 Å². The highest BCUT2D eigenvalue weighted by molar-refractivity contribution is 5.69. The lowest BCUT2D eigenvalue weighted by atomic mass is 10.3. The summed E-state index contributed by atoms with van der Waals surface area (Å²) in [5, 5.41) is 0. The maximum absolute atomic E-state index is 10.8. The number of rotatable bonds is 4. The van der Waals surface area contributed by atoms with Crippen LogP contribution in [0, 0.1) is 0 Å². The summed E-state index contributed by atoms with van der Waals surface area (Å²) in [6.45, 7) is 4.36. The minimum atomic E-state index is -0.116. The first-order valence-electron chi connectivity index (χ1n) is 4.05. The Kier molecular flexibility index (Phi) is 2.88. The van der Waals surface area contributed by atoms with Gasteiger partial charge in [-0.25, -0.2) is 0 Å². The third kappa shape index (κ3) is 2.89. The fourth-order valence-corrected chi connectivity index (χ4v) is 0.857. The van der Waals surface area contributed by atoms with Crippen LogP contribution < -0.4 is 0 Å². The maximum atomic E-state index is 10.8. The Morgan fingerprint density at radius 3 is 2.73 bits per heavy atom. The summed E-state index contributed by atoms with van der Waals surface area (Å²) in [5.41, 5.74) is 0. The van der Waals surface area contributed by atoms with Crippen molar-refractivity contribution in [2.24, 2.45) is 0 Å². The van der Waals surface area contributed by atoms with Gasteiger partial charge in [-0.3, -0.25) is 4.79 Å². The Bertz CT molecular complexity index is 144. The molecule has 1 fully saturated rings. The SMILES string of the molecule is CCCC(=O)OCC1OC1C. The van der Waals surface area contributed by atoms with Gasteiger partial charge in [-0.1, -0.05) is 6.92 Å². The molecule has 0 aliphatic carbocycles. The summed E-state index contributed by atoms with van der Waals surface area (Å²) in [6.07, 6.45) is 1.81. The summed E-state index contributed by atoms with van der Waals surface area (Å²) in [4.78, 5) is 10.8. The lowest BCUT2D eigenvalue weighted by molar-refractivity contribution is -0.144. The third-order valence-corrected chi connectivity index (χ3v) is 1.70. The van der Waals surface area contributed by atoms with Gasteiger partial charge in [0.1, 0.15) is 12.7 Å². The van der Waals surface area contributed by atoms with Crippen molar-refractivity contribution < 1.29 is 14.3 Å². The summed E-state index contributed by atoms with van der Waals surface area (Å²) in [6, 6.07) is 0. The van der Waals surface area contributed by atoms with Crippen LogP contribution in [0.15, 0.2) is 0 Å². The Morgan fingerprint density at radius 2 is 2.27 bits per heavy atom. The first-order chi connectivity index (χ1) is 5.24. The van der Waals surface area contributed by atoms with E-state index in [1.807, 2.05) is 13.8 Å². The predicted molar refractivity (Wildman–Crippen MR) is 40.2 cm³/mol. The molecule has 0 aromatic rings. The van der Waals surface area contributed by atoms with Gasteiger partial charge in [-0.2, -0.15) is 0 Å². The van der Waals surface area contributed by atoms with Crippen molar-refractivity contribution in [1.29, 1.82) is 0 Å². The van der Waals surface area contributed by atoms with E-state index in [0.717, 1.165) is 6.42 Å². The van der Waals surface area contributed by atoms with E-state index in [4.69, 9.17) is 9.47 Å². The number of epoxide rings is 1. The van der Waals surface area contributed by atoms with E-state index in [1.165, 1.54) is 0 Å². The van der Waals surface area contributed by atoms with Crippen LogP contribution in [0.2, 0.25) is 0 Å². The van der Waals surface area contributed by atoms with Crippen molar-refractivity contribution in [2.45, 2.75) is 38.9 Å². The Hall–Kier alpha value is -0.570. The molecular formula is C8H14O3. The smallest absolute Gasteiger partial charge is 0.305 e. The molecule has 3 heteroatoms. The standard InChI is InChI=1S/C8H14O3/c1-3-4-8(9)10-5-7-6(2)11-7/h6-7H,3-5H2,1-2H3. The van der Waals surface area contributed by atoms with Crippen molar-refractivity contribution in [3.8, 4) is 0 Å². The van der Waals surface area contributed by atoms with Crippen molar-refractivity contribution in [1.82, 2.24) is 0 Å². The third-order valence-electron chi connectivity index (χ3n) is 1.70. The van der Waals surface area contributed by atoms with E-state index in [2.05, 4.69) is 0 Å². The van der Waals surface area contributed by atoms with Crippen LogP contribution in [0.25, 0.3) is 0 Å². The zero-order valence-corrected chi connectivity index (χ0v) is 7.00. The number of carbonyl (C=O) groups excluding carboxylic acids is 1. The van der Waals surface area contributed by atoms with Gasteiger partial charge in [0.2, 0.25) is 0 Å². The molecule has 0 aromatic carbocycles. The molecule has 3 nitrogen and oxygen atoms in total. The Balaban J connectivity index is 1.98. The van der Waals surface area contributed by atoms with Crippen LogP contribution >= 0.6 is 0 Å². The highest BCUT2D eigenvalue weighted by atomic mass is 16.6.